The summed E-state index contributed by atoms with van der Waals surface area (Å²) in [6.07, 6.45) is -2.02. The van der Waals surface area contributed by atoms with Crippen LogP contribution in [0.2, 0.25) is 0 Å². The van der Waals surface area contributed by atoms with Crippen LogP contribution in [0.5, 0.6) is 0 Å². The second-order valence-electron chi connectivity index (χ2n) is 6.63. The fourth-order valence-electron chi connectivity index (χ4n) is 3.48. The Hall–Kier alpha value is -2.57. The molecule has 4 rings (SSSR count). The largest absolute Gasteiger partial charge is 0.387 e. The Morgan fingerprint density at radius 2 is 2.00 bits per heavy atom. The molecule has 3 aromatic rings. The number of Topliss-reactive ketones (excluding diaryl/α,β-unsaturated/α-hetero) is 1. The molecule has 0 aliphatic carbocycles. The molecule has 2 aromatic heterocycles. The second-order valence-corrected chi connectivity index (χ2v) is 7.49. The Kier molecular flexibility index (Phi) is 5.47. The minimum atomic E-state index is -2.23. The van der Waals surface area contributed by atoms with Gasteiger partial charge in [0.25, 0.3) is 0 Å². The van der Waals surface area contributed by atoms with Crippen LogP contribution in [0.1, 0.15) is 10.4 Å². The van der Waals surface area contributed by atoms with Crippen molar-refractivity contribution < 1.29 is 29.2 Å². The lowest BCUT2D eigenvalue weighted by Gasteiger charge is -2.32. The number of carbonyl (C=O) groups excluding carboxylic acids is 1. The first-order chi connectivity index (χ1) is 14.4. The highest BCUT2D eigenvalue weighted by Crippen LogP contribution is 2.41. The summed E-state index contributed by atoms with van der Waals surface area (Å²) in [5.74, 6) is -0.573. The number of hydrogen-bond acceptors (Lipinski definition) is 11. The number of nitrogens with zero attached hydrogens (tertiary/aromatic N) is 4. The molecule has 12 nitrogen and oxygen atoms in total. The number of ether oxygens (including phenoxy) is 1. The topological polar surface area (TPSA) is 192 Å². The molecule has 158 valence electrons. The maximum absolute atomic E-state index is 13.6. The molecule has 13 heteroatoms. The molecule has 1 aliphatic heterocycles. The molecule has 5 atom stereocenters. The van der Waals surface area contributed by atoms with Crippen molar-refractivity contribution in [3.63, 3.8) is 0 Å². The quantitative estimate of drug-likeness (QED) is 0.242. The van der Waals surface area contributed by atoms with Crippen LogP contribution >= 0.6 is 8.53 Å². The molecule has 1 fully saturated rings. The van der Waals surface area contributed by atoms with Crippen LogP contribution in [0.25, 0.3) is 11.2 Å². The predicted octanol–water partition coefficient (Wildman–Crippen LogP) is -0.741. The van der Waals surface area contributed by atoms with Gasteiger partial charge in [0.1, 0.15) is 36.5 Å². The van der Waals surface area contributed by atoms with E-state index in [0.29, 0.717) is 0 Å². The molecule has 7 N–H and O–H groups in total. The average Bonchev–Trinajstić information content (AvgIpc) is 3.28. The summed E-state index contributed by atoms with van der Waals surface area (Å²) >= 11 is 0. The van der Waals surface area contributed by atoms with E-state index in [0.717, 1.165) is 0 Å². The first-order valence-electron chi connectivity index (χ1n) is 8.80. The van der Waals surface area contributed by atoms with Crippen LogP contribution in [0.3, 0.4) is 0 Å². The van der Waals surface area contributed by atoms with Gasteiger partial charge >= 0.3 is 0 Å². The summed E-state index contributed by atoms with van der Waals surface area (Å²) < 4.78 is 12.1. The van der Waals surface area contributed by atoms with Crippen molar-refractivity contribution in [2.24, 2.45) is 5.50 Å². The van der Waals surface area contributed by atoms with Gasteiger partial charge in [-0.2, -0.15) is 0 Å². The van der Waals surface area contributed by atoms with Gasteiger partial charge in [0.15, 0.2) is 11.5 Å². The number of aliphatic hydroxyl groups excluding tert-OH is 2. The highest BCUT2D eigenvalue weighted by atomic mass is 31.2. The molecule has 3 heterocycles. The summed E-state index contributed by atoms with van der Waals surface area (Å²) in [5.41, 5.74) is 9.50. The number of nitrogens with two attached hydrogens (primary N) is 2. The summed E-state index contributed by atoms with van der Waals surface area (Å²) in [6.45, 7) is -0.357. The number of rotatable bonds is 6. The molecule has 1 aliphatic rings. The van der Waals surface area contributed by atoms with Gasteiger partial charge in [0.2, 0.25) is 20.0 Å². The highest BCUT2D eigenvalue weighted by molar-refractivity contribution is 7.43. The summed E-state index contributed by atoms with van der Waals surface area (Å²) in [6, 6.07) is 8.13. The molecule has 30 heavy (non-hydrogen) atoms. The summed E-state index contributed by atoms with van der Waals surface area (Å²) in [4.78, 5) is 35.0. The molecule has 1 aromatic carbocycles. The Morgan fingerprint density at radius 3 is 2.70 bits per heavy atom. The van der Waals surface area contributed by atoms with E-state index in [2.05, 4.69) is 15.0 Å². The number of carbonyl (C=O) groups is 1. The van der Waals surface area contributed by atoms with Crippen LogP contribution < -0.4 is 11.2 Å². The van der Waals surface area contributed by atoms with Crippen molar-refractivity contribution in [1.82, 2.24) is 19.5 Å². The van der Waals surface area contributed by atoms with E-state index in [1.54, 1.807) is 30.3 Å². The second kappa shape index (κ2) is 7.93. The monoisotopic (exact) mass is 434 g/mol. The maximum atomic E-state index is 13.6. The Bertz CT molecular complexity index is 1070. The van der Waals surface area contributed by atoms with Gasteiger partial charge in [-0.15, -0.1) is 0 Å². The van der Waals surface area contributed by atoms with Crippen molar-refractivity contribution in [3.8, 4) is 0 Å². The van der Waals surface area contributed by atoms with E-state index in [-0.39, 0.29) is 29.2 Å². The molecule has 0 amide bonds. The van der Waals surface area contributed by atoms with Gasteiger partial charge in [-0.25, -0.2) is 15.0 Å². The van der Waals surface area contributed by atoms with Gasteiger partial charge in [-0.1, -0.05) is 30.3 Å². The Balaban J connectivity index is 1.88. The third-order valence-electron chi connectivity index (χ3n) is 4.89. The smallest absolute Gasteiger partial charge is 0.250 e. The van der Waals surface area contributed by atoms with Crippen LogP contribution in [-0.2, 0) is 15.0 Å². The Morgan fingerprint density at radius 1 is 1.27 bits per heavy atom. The number of imidazole rings is 1. The molecule has 0 radical (unpaired) electrons. The van der Waals surface area contributed by atoms with Gasteiger partial charge in [-0.05, 0) is 0 Å². The van der Waals surface area contributed by atoms with Crippen LogP contribution in [0.15, 0.2) is 43.0 Å². The van der Waals surface area contributed by atoms with E-state index in [1.165, 1.54) is 17.2 Å². The fraction of sp³-hybridized carbons (Fsp3) is 0.294. The molecular weight excluding hydrogens is 415 g/mol. The summed E-state index contributed by atoms with van der Waals surface area (Å²) in [7, 11) is -2.23. The first kappa shape index (κ1) is 20.7. The lowest BCUT2D eigenvalue weighted by molar-refractivity contribution is -0.111. The van der Waals surface area contributed by atoms with Gasteiger partial charge < -0.3 is 30.1 Å². The Labute approximate surface area is 171 Å². The lowest BCUT2D eigenvalue weighted by atomic mass is 9.93. The summed E-state index contributed by atoms with van der Waals surface area (Å²) in [5, 5.41) is 21.6. The normalized spacial score (nSPS) is 27.4. The SMILES string of the molecule is Nc1ncnc2c1ncn2[C@]1(C(=O)c2ccccc2)O[C@H](COP(N)O)[C@@H](O)[C@H]1O. The van der Waals surface area contributed by atoms with E-state index < -0.39 is 38.3 Å². The van der Waals surface area contributed by atoms with E-state index in [4.69, 9.17) is 20.5 Å². The van der Waals surface area contributed by atoms with Crippen molar-refractivity contribution in [2.75, 3.05) is 12.3 Å². The highest BCUT2D eigenvalue weighted by Gasteiger charge is 2.61. The van der Waals surface area contributed by atoms with E-state index in [1.807, 2.05) is 0 Å². The first-order valence-corrected chi connectivity index (χ1v) is 10.1. The molecule has 0 bridgehead atoms. The number of aliphatic hydroxyl groups is 2. The number of anilines is 1. The number of ketones is 1. The minimum Gasteiger partial charge on any atom is -0.387 e. The number of benzene rings is 1. The zero-order valence-electron chi connectivity index (χ0n) is 15.4. The zero-order valence-corrected chi connectivity index (χ0v) is 16.3. The van der Waals surface area contributed by atoms with Gasteiger partial charge in [0, 0.05) is 5.56 Å². The van der Waals surface area contributed by atoms with Crippen molar-refractivity contribution >= 4 is 31.3 Å². The third kappa shape index (κ3) is 3.24. The maximum Gasteiger partial charge on any atom is 0.250 e. The van der Waals surface area contributed by atoms with Crippen molar-refractivity contribution in [1.29, 1.82) is 0 Å². The van der Waals surface area contributed by atoms with E-state index in [9.17, 15) is 19.9 Å². The van der Waals surface area contributed by atoms with Gasteiger partial charge in [-0.3, -0.25) is 14.9 Å². The molecule has 1 saturated heterocycles. The average molecular weight is 434 g/mol. The predicted molar refractivity (Wildman–Crippen MR) is 105 cm³/mol. The lowest BCUT2D eigenvalue weighted by Crippen LogP contribution is -2.51. The standard InChI is InChI=1S/C17H19N6O6P/c18-15-11-16(21-7-20-15)23(8-22-11)17(13(25)9-4-2-1-3-5-9)14(26)12(24)10(29-17)6-28-30(19)27/h1-5,7-8,10,12,14,24,26-27H,6,19H2,(H2,18,20,21)/t10-,12-,14-,17-,30?/m1/s1. The number of hydrogen-bond donors (Lipinski definition) is 5. The van der Waals surface area contributed by atoms with Crippen molar-refractivity contribution in [3.05, 3.63) is 48.5 Å². The van der Waals surface area contributed by atoms with Crippen LogP contribution in [-0.4, -0.2) is 65.3 Å². The molecule has 0 spiro atoms. The third-order valence-corrected chi connectivity index (χ3v) is 5.30. The fourth-order valence-corrected chi connectivity index (χ4v) is 3.78. The van der Waals surface area contributed by atoms with Crippen LogP contribution in [0, 0.1) is 0 Å². The van der Waals surface area contributed by atoms with Gasteiger partial charge in [0.05, 0.1) is 6.61 Å². The number of nitrogen functional groups attached to an aromatic ring is 1. The van der Waals surface area contributed by atoms with E-state index >= 15 is 0 Å². The molecule has 0 saturated carbocycles. The van der Waals surface area contributed by atoms with Crippen LogP contribution in [0.4, 0.5) is 5.82 Å². The van der Waals surface area contributed by atoms with Crippen molar-refractivity contribution in [2.45, 2.75) is 24.0 Å². The number of aromatic nitrogens is 4. The molecular formula is C17H19N6O6P. The molecule has 1 unspecified atom stereocenters. The zero-order chi connectivity index (χ0) is 21.5. The number of fused-ring (bicyclic) bond motifs is 1. The minimum absolute atomic E-state index is 0.0723.